The van der Waals surface area contributed by atoms with Crippen LogP contribution in [0, 0.1) is 0 Å². The van der Waals surface area contributed by atoms with Gasteiger partial charge in [0.25, 0.3) is 0 Å². The fourth-order valence-corrected chi connectivity index (χ4v) is 4.39. The first-order valence-electron chi connectivity index (χ1n) is 9.66. The lowest BCUT2D eigenvalue weighted by Gasteiger charge is -2.25. The second-order valence-corrected chi connectivity index (χ2v) is 8.83. The van der Waals surface area contributed by atoms with Crippen LogP contribution in [0.3, 0.4) is 0 Å². The Hall–Kier alpha value is -2.20. The maximum Gasteiger partial charge on any atom is 0.419 e. The maximum atomic E-state index is 13.0. The van der Waals surface area contributed by atoms with E-state index in [2.05, 4.69) is 9.97 Å². The summed E-state index contributed by atoms with van der Waals surface area (Å²) in [4.78, 5) is 20.4. The van der Waals surface area contributed by atoms with E-state index in [0.29, 0.717) is 35.6 Å². The molecule has 31 heavy (non-hydrogen) atoms. The van der Waals surface area contributed by atoms with Crippen LogP contribution in [0.2, 0.25) is 0 Å². The van der Waals surface area contributed by atoms with E-state index in [4.69, 9.17) is 4.74 Å². The number of methoxy groups -OCH3 is 1. The fourth-order valence-electron chi connectivity index (χ4n) is 2.92. The van der Waals surface area contributed by atoms with Gasteiger partial charge in [0, 0.05) is 30.4 Å². The Bertz CT molecular complexity index is 876. The molecule has 1 aromatic carbocycles. The Balaban J connectivity index is 2.11. The zero-order valence-corrected chi connectivity index (χ0v) is 18.0. The van der Waals surface area contributed by atoms with E-state index in [9.17, 15) is 26.6 Å². The van der Waals surface area contributed by atoms with E-state index in [0.717, 1.165) is 6.29 Å². The van der Waals surface area contributed by atoms with Gasteiger partial charge in [-0.05, 0) is 37.8 Å². The van der Waals surface area contributed by atoms with Gasteiger partial charge < -0.3 is 9.53 Å². The van der Waals surface area contributed by atoms with Crippen LogP contribution in [0.4, 0.5) is 17.6 Å². The van der Waals surface area contributed by atoms with Gasteiger partial charge in [0.1, 0.15) is 11.0 Å². The van der Waals surface area contributed by atoms with Gasteiger partial charge in [-0.3, -0.25) is 14.2 Å². The molecule has 0 spiro atoms. The van der Waals surface area contributed by atoms with Gasteiger partial charge in [0.15, 0.2) is 6.17 Å². The molecule has 0 N–H and O–H groups in total. The molecule has 1 heterocycles. The number of aldehydes is 1. The van der Waals surface area contributed by atoms with Crippen molar-refractivity contribution in [2.75, 3.05) is 13.7 Å². The average Bonchev–Trinajstić information content (AvgIpc) is 2.78. The predicted molar refractivity (Wildman–Crippen MR) is 109 cm³/mol. The molecule has 170 valence electrons. The van der Waals surface area contributed by atoms with E-state index in [1.54, 1.807) is 31.2 Å². The van der Waals surface area contributed by atoms with Gasteiger partial charge in [-0.2, -0.15) is 13.2 Å². The largest absolute Gasteiger partial charge is 0.419 e. The van der Waals surface area contributed by atoms with Gasteiger partial charge in [0.2, 0.25) is 0 Å². The molecule has 0 amide bonds. The summed E-state index contributed by atoms with van der Waals surface area (Å²) in [5.74, 6) is 0. The maximum absolute atomic E-state index is 13.0. The van der Waals surface area contributed by atoms with E-state index >= 15 is 0 Å². The second-order valence-electron chi connectivity index (χ2n) is 7.01. The number of carbonyl (C=O) groups excluding carboxylic acids is 1. The Morgan fingerprint density at radius 3 is 2.32 bits per heavy atom. The monoisotopic (exact) mass is 460 g/mol. The van der Waals surface area contributed by atoms with Crippen molar-refractivity contribution in [1.29, 1.82) is 0 Å². The molecule has 0 fully saturated rings. The number of rotatable bonds is 11. The number of hydrogen-bond acceptors (Lipinski definition) is 5. The number of ether oxygens (including phenoxy) is 1. The van der Waals surface area contributed by atoms with Crippen molar-refractivity contribution < 1.29 is 31.3 Å². The van der Waals surface area contributed by atoms with Crippen LogP contribution in [-0.2, 0) is 26.8 Å². The van der Waals surface area contributed by atoms with E-state index in [1.807, 2.05) is 0 Å². The molecular weight excluding hydrogens is 436 g/mol. The summed E-state index contributed by atoms with van der Waals surface area (Å²) in [6.07, 6.45) is -4.51. The Labute approximate surface area is 180 Å². The lowest BCUT2D eigenvalue weighted by Crippen LogP contribution is -2.37. The smallest absolute Gasteiger partial charge is 0.385 e. The molecule has 0 aliphatic heterocycles. The van der Waals surface area contributed by atoms with E-state index in [-0.39, 0.29) is 12.1 Å². The summed E-state index contributed by atoms with van der Waals surface area (Å²) < 4.78 is 66.8. The highest BCUT2D eigenvalue weighted by molar-refractivity contribution is 7.87. The van der Waals surface area contributed by atoms with E-state index < -0.39 is 34.3 Å². The highest BCUT2D eigenvalue weighted by Gasteiger charge is 2.39. The van der Waals surface area contributed by atoms with Gasteiger partial charge in [-0.1, -0.05) is 19.1 Å². The van der Waals surface area contributed by atoms with Crippen LogP contribution in [0.25, 0.3) is 11.3 Å². The van der Waals surface area contributed by atoms with Crippen molar-refractivity contribution in [2.24, 2.45) is 0 Å². The van der Waals surface area contributed by atoms with Crippen LogP contribution in [0.15, 0.2) is 41.6 Å². The number of halogens is 4. The lowest BCUT2D eigenvalue weighted by molar-refractivity contribution is -0.181. The third kappa shape index (κ3) is 6.39. The van der Waals surface area contributed by atoms with Crippen LogP contribution in [-0.4, -0.2) is 51.3 Å². The molecule has 2 aromatic rings. The number of benzene rings is 1. The normalized spacial score (nSPS) is 15.8. The molecule has 5 nitrogen and oxygen atoms in total. The summed E-state index contributed by atoms with van der Waals surface area (Å²) >= 11 is 0. The molecule has 2 rings (SSSR count). The third-order valence-corrected chi connectivity index (χ3v) is 7.02. The summed E-state index contributed by atoms with van der Waals surface area (Å²) in [5.41, 5.74) is 1.37. The minimum Gasteiger partial charge on any atom is -0.385 e. The summed E-state index contributed by atoms with van der Waals surface area (Å²) in [7, 11) is -0.0605. The number of carbonyl (C=O) groups is 1. The van der Waals surface area contributed by atoms with Crippen molar-refractivity contribution in [3.63, 3.8) is 0 Å². The molecule has 0 saturated heterocycles. The molecule has 0 radical (unpaired) electrons. The van der Waals surface area contributed by atoms with Gasteiger partial charge in [-0.25, -0.2) is 4.39 Å². The highest BCUT2D eigenvalue weighted by atomic mass is 32.2. The lowest BCUT2D eigenvalue weighted by atomic mass is 10.0. The number of alkyl halides is 4. The molecular formula is C21H24F4N2O3S. The molecule has 3 atom stereocenters. The predicted octanol–water partition coefficient (Wildman–Crippen LogP) is 4.47. The van der Waals surface area contributed by atoms with Gasteiger partial charge in [0.05, 0.1) is 28.4 Å². The quantitative estimate of drug-likeness (QED) is 0.366. The summed E-state index contributed by atoms with van der Waals surface area (Å²) in [6, 6.07) is 6.64. The van der Waals surface area contributed by atoms with Crippen molar-refractivity contribution in [3.8, 4) is 11.3 Å². The van der Waals surface area contributed by atoms with Crippen molar-refractivity contribution in [3.05, 3.63) is 42.4 Å². The second kappa shape index (κ2) is 10.9. The molecule has 1 aromatic heterocycles. The number of aryl methyl sites for hydroxylation is 1. The molecule has 0 aliphatic rings. The first-order chi connectivity index (χ1) is 14.7. The minimum atomic E-state index is -4.88. The molecule has 10 heteroatoms. The first-order valence-corrected chi connectivity index (χ1v) is 10.8. The number of hydrogen-bond donors (Lipinski definition) is 0. The standard InChI is InChI=1S/C21H24F4N2O3S/c1-3-20(14-28,10-11-30-2)31(29)17-7-4-15(5-8-17)18-13-26-16(12-27-18)6-9-19(22)21(23,24)25/h4-5,7-8,12-14,19H,3,6,9-11H2,1-2H3. The van der Waals surface area contributed by atoms with Crippen molar-refractivity contribution in [2.45, 2.75) is 54.6 Å². The topological polar surface area (TPSA) is 69.2 Å². The SMILES string of the molecule is CCC(C=O)(CCOC)S(=O)c1ccc(-c2cnc(CCC(F)C(F)(F)F)cn2)cc1. The minimum absolute atomic E-state index is 0.182. The molecule has 0 saturated carbocycles. The van der Waals surface area contributed by atoms with Gasteiger partial charge >= 0.3 is 6.18 Å². The van der Waals surface area contributed by atoms with Crippen LogP contribution < -0.4 is 0 Å². The number of nitrogens with zero attached hydrogens (tertiary/aromatic N) is 2. The highest BCUT2D eigenvalue weighted by Crippen LogP contribution is 2.29. The fraction of sp³-hybridized carbons (Fsp3) is 0.476. The molecule has 0 bridgehead atoms. The van der Waals surface area contributed by atoms with Crippen LogP contribution in [0.5, 0.6) is 0 Å². The summed E-state index contributed by atoms with van der Waals surface area (Å²) in [6.45, 7) is 2.11. The van der Waals surface area contributed by atoms with Crippen LogP contribution in [0.1, 0.15) is 31.9 Å². The molecule has 0 aliphatic carbocycles. The third-order valence-electron chi connectivity index (χ3n) is 4.99. The van der Waals surface area contributed by atoms with Crippen LogP contribution >= 0.6 is 0 Å². The Morgan fingerprint density at radius 2 is 1.84 bits per heavy atom. The van der Waals surface area contributed by atoms with Crippen molar-refractivity contribution in [1.82, 2.24) is 9.97 Å². The van der Waals surface area contributed by atoms with E-state index in [1.165, 1.54) is 19.5 Å². The molecule has 3 unspecified atom stereocenters. The summed E-state index contributed by atoms with van der Waals surface area (Å²) in [5, 5.41) is 0. The zero-order chi connectivity index (χ0) is 23.1. The van der Waals surface area contributed by atoms with Crippen molar-refractivity contribution >= 4 is 17.1 Å². The first kappa shape index (κ1) is 25.1. The number of aromatic nitrogens is 2. The van der Waals surface area contributed by atoms with Gasteiger partial charge in [-0.15, -0.1) is 0 Å². The zero-order valence-electron chi connectivity index (χ0n) is 17.2. The Morgan fingerprint density at radius 1 is 1.16 bits per heavy atom. The Kier molecular flexibility index (Phi) is 8.81. The average molecular weight is 460 g/mol.